The lowest BCUT2D eigenvalue weighted by molar-refractivity contribution is -0.0402. The highest BCUT2D eigenvalue weighted by Crippen LogP contribution is 2.25. The molecule has 112 valence electrons. The van der Waals surface area contributed by atoms with E-state index in [0.29, 0.717) is 12.7 Å². The SMILES string of the molecule is CC1CCC(OC[C@@H](O)CN2CCN(C)CC2)CC1. The standard InChI is InChI=1S/C15H30N2O2/c1-13-3-5-15(6-4-13)19-12-14(18)11-17-9-7-16(2)8-10-17/h13-15,18H,3-12H2,1-2H3/t13?,14-,15?/m0/s1. The van der Waals surface area contributed by atoms with Crippen LogP contribution in [0.1, 0.15) is 32.6 Å². The number of nitrogens with zero attached hydrogens (tertiary/aromatic N) is 2. The van der Waals surface area contributed by atoms with Gasteiger partial charge >= 0.3 is 0 Å². The summed E-state index contributed by atoms with van der Waals surface area (Å²) in [5, 5.41) is 10.1. The van der Waals surface area contributed by atoms with Gasteiger partial charge in [-0.3, -0.25) is 4.90 Å². The van der Waals surface area contributed by atoms with Crippen molar-refractivity contribution in [3.63, 3.8) is 0 Å². The van der Waals surface area contributed by atoms with E-state index in [4.69, 9.17) is 4.74 Å². The minimum atomic E-state index is -0.331. The summed E-state index contributed by atoms with van der Waals surface area (Å²) in [6.07, 6.45) is 4.95. The van der Waals surface area contributed by atoms with Gasteiger partial charge in [-0.1, -0.05) is 6.92 Å². The van der Waals surface area contributed by atoms with Crippen LogP contribution in [0.2, 0.25) is 0 Å². The summed E-state index contributed by atoms with van der Waals surface area (Å²) < 4.78 is 5.87. The molecule has 0 unspecified atom stereocenters. The molecule has 1 aliphatic carbocycles. The van der Waals surface area contributed by atoms with Crippen molar-refractivity contribution in [2.45, 2.75) is 44.8 Å². The Labute approximate surface area is 117 Å². The molecule has 2 rings (SSSR count). The lowest BCUT2D eigenvalue weighted by atomic mass is 9.89. The lowest BCUT2D eigenvalue weighted by Crippen LogP contribution is -2.47. The van der Waals surface area contributed by atoms with Crippen molar-refractivity contribution < 1.29 is 9.84 Å². The van der Waals surface area contributed by atoms with E-state index < -0.39 is 0 Å². The summed E-state index contributed by atoms with van der Waals surface area (Å²) in [5.41, 5.74) is 0. The predicted octanol–water partition coefficient (Wildman–Crippen LogP) is 1.19. The molecule has 0 amide bonds. The van der Waals surface area contributed by atoms with E-state index in [1.54, 1.807) is 0 Å². The Hall–Kier alpha value is -0.160. The lowest BCUT2D eigenvalue weighted by Gasteiger charge is -2.34. The third-order valence-corrected chi connectivity index (χ3v) is 4.55. The molecule has 2 aliphatic rings. The molecule has 1 atom stereocenters. The van der Waals surface area contributed by atoms with Crippen LogP contribution in [0.5, 0.6) is 0 Å². The molecule has 1 aliphatic heterocycles. The van der Waals surface area contributed by atoms with Crippen LogP contribution in [0.25, 0.3) is 0 Å². The highest BCUT2D eigenvalue weighted by Gasteiger charge is 2.21. The van der Waals surface area contributed by atoms with Crippen LogP contribution in [0, 0.1) is 5.92 Å². The minimum Gasteiger partial charge on any atom is -0.389 e. The summed E-state index contributed by atoms with van der Waals surface area (Å²) in [5.74, 6) is 0.857. The highest BCUT2D eigenvalue weighted by atomic mass is 16.5. The average molecular weight is 270 g/mol. The number of aliphatic hydroxyl groups is 1. The molecule has 0 bridgehead atoms. The fourth-order valence-electron chi connectivity index (χ4n) is 3.02. The molecule has 1 saturated heterocycles. The second-order valence-electron chi connectivity index (χ2n) is 6.47. The molecule has 1 heterocycles. The number of β-amino-alcohol motifs (C(OH)–C–C–N with tert-alkyl or cyclic N) is 1. The van der Waals surface area contributed by atoms with E-state index in [9.17, 15) is 5.11 Å². The van der Waals surface area contributed by atoms with Gasteiger partial charge in [0.05, 0.1) is 18.8 Å². The summed E-state index contributed by atoms with van der Waals surface area (Å²) in [4.78, 5) is 4.68. The molecular formula is C15H30N2O2. The maximum Gasteiger partial charge on any atom is 0.0900 e. The van der Waals surface area contributed by atoms with Crippen LogP contribution in [0.15, 0.2) is 0 Å². The van der Waals surface area contributed by atoms with Crippen molar-refractivity contribution >= 4 is 0 Å². The zero-order valence-electron chi connectivity index (χ0n) is 12.6. The summed E-state index contributed by atoms with van der Waals surface area (Å²) in [7, 11) is 2.15. The fourth-order valence-corrected chi connectivity index (χ4v) is 3.02. The van der Waals surface area contributed by atoms with E-state index in [0.717, 1.165) is 38.6 Å². The Morgan fingerprint density at radius 2 is 1.74 bits per heavy atom. The molecule has 1 saturated carbocycles. The first-order chi connectivity index (χ1) is 9.13. The first kappa shape index (κ1) is 15.2. The van der Waals surface area contributed by atoms with Gasteiger partial charge in [-0.05, 0) is 38.6 Å². The molecule has 0 aromatic heterocycles. The zero-order valence-corrected chi connectivity index (χ0v) is 12.6. The Kier molecular flexibility index (Phi) is 6.07. The number of ether oxygens (including phenoxy) is 1. The van der Waals surface area contributed by atoms with E-state index in [-0.39, 0.29) is 6.10 Å². The Morgan fingerprint density at radius 3 is 2.37 bits per heavy atom. The van der Waals surface area contributed by atoms with Crippen molar-refractivity contribution in [3.05, 3.63) is 0 Å². The molecule has 0 radical (unpaired) electrons. The smallest absolute Gasteiger partial charge is 0.0900 e. The monoisotopic (exact) mass is 270 g/mol. The van der Waals surface area contributed by atoms with Crippen molar-refractivity contribution in [1.82, 2.24) is 9.80 Å². The van der Waals surface area contributed by atoms with Gasteiger partial charge in [0.15, 0.2) is 0 Å². The van der Waals surface area contributed by atoms with Crippen molar-refractivity contribution in [2.75, 3.05) is 46.4 Å². The molecular weight excluding hydrogens is 240 g/mol. The van der Waals surface area contributed by atoms with Gasteiger partial charge in [-0.2, -0.15) is 0 Å². The molecule has 0 aromatic rings. The molecule has 1 N–H and O–H groups in total. The van der Waals surface area contributed by atoms with Crippen LogP contribution >= 0.6 is 0 Å². The Bertz CT molecular complexity index is 247. The number of hydrogen-bond acceptors (Lipinski definition) is 4. The normalized spacial score (nSPS) is 32.4. The van der Waals surface area contributed by atoms with Gasteiger partial charge in [-0.15, -0.1) is 0 Å². The van der Waals surface area contributed by atoms with E-state index in [1.165, 1.54) is 25.7 Å². The minimum absolute atomic E-state index is 0.331. The molecule has 0 spiro atoms. The maximum atomic E-state index is 10.1. The second kappa shape index (κ2) is 7.58. The van der Waals surface area contributed by atoms with Gasteiger partial charge in [0.1, 0.15) is 0 Å². The first-order valence-electron chi connectivity index (χ1n) is 7.84. The zero-order chi connectivity index (χ0) is 13.7. The maximum absolute atomic E-state index is 10.1. The van der Waals surface area contributed by atoms with Gasteiger partial charge in [0.25, 0.3) is 0 Å². The summed E-state index contributed by atoms with van der Waals surface area (Å²) in [6, 6.07) is 0. The molecule has 4 nitrogen and oxygen atoms in total. The largest absolute Gasteiger partial charge is 0.389 e. The summed E-state index contributed by atoms with van der Waals surface area (Å²) in [6.45, 7) is 7.92. The van der Waals surface area contributed by atoms with Crippen molar-refractivity contribution in [3.8, 4) is 0 Å². The number of hydrogen-bond donors (Lipinski definition) is 1. The molecule has 0 aromatic carbocycles. The van der Waals surface area contributed by atoms with Crippen LogP contribution in [-0.2, 0) is 4.74 Å². The third kappa shape index (κ3) is 5.38. The number of piperazine rings is 1. The number of likely N-dealkylation sites (N-methyl/N-ethyl adjacent to an activating group) is 1. The van der Waals surface area contributed by atoms with Crippen LogP contribution in [0.3, 0.4) is 0 Å². The van der Waals surface area contributed by atoms with Crippen LogP contribution < -0.4 is 0 Å². The first-order valence-corrected chi connectivity index (χ1v) is 7.84. The van der Waals surface area contributed by atoms with Gasteiger partial charge < -0.3 is 14.7 Å². The topological polar surface area (TPSA) is 35.9 Å². The molecule has 19 heavy (non-hydrogen) atoms. The summed E-state index contributed by atoms with van der Waals surface area (Å²) >= 11 is 0. The molecule has 2 fully saturated rings. The van der Waals surface area contributed by atoms with E-state index in [1.807, 2.05) is 0 Å². The average Bonchev–Trinajstić information content (AvgIpc) is 2.41. The van der Waals surface area contributed by atoms with Crippen LogP contribution in [-0.4, -0.2) is 73.5 Å². The van der Waals surface area contributed by atoms with Gasteiger partial charge in [0.2, 0.25) is 0 Å². The highest BCUT2D eigenvalue weighted by molar-refractivity contribution is 4.74. The fraction of sp³-hybridized carbons (Fsp3) is 1.00. The number of aliphatic hydroxyl groups excluding tert-OH is 1. The van der Waals surface area contributed by atoms with E-state index >= 15 is 0 Å². The predicted molar refractivity (Wildman–Crippen MR) is 77.3 cm³/mol. The van der Waals surface area contributed by atoms with Gasteiger partial charge in [-0.25, -0.2) is 0 Å². The van der Waals surface area contributed by atoms with Gasteiger partial charge in [0, 0.05) is 32.7 Å². The number of rotatable bonds is 5. The quantitative estimate of drug-likeness (QED) is 0.814. The van der Waals surface area contributed by atoms with Crippen molar-refractivity contribution in [1.29, 1.82) is 0 Å². The third-order valence-electron chi connectivity index (χ3n) is 4.55. The Balaban J connectivity index is 1.58. The van der Waals surface area contributed by atoms with E-state index in [2.05, 4.69) is 23.8 Å². The second-order valence-corrected chi connectivity index (χ2v) is 6.47. The van der Waals surface area contributed by atoms with Crippen molar-refractivity contribution in [2.24, 2.45) is 5.92 Å². The Morgan fingerprint density at radius 1 is 1.11 bits per heavy atom. The van der Waals surface area contributed by atoms with Crippen LogP contribution in [0.4, 0.5) is 0 Å². The molecule has 4 heteroatoms.